The molecule has 0 aliphatic rings. The second-order valence-electron chi connectivity index (χ2n) is 8.32. The Morgan fingerprint density at radius 1 is 1.12 bits per heavy atom. The number of benzene rings is 1. The molecule has 0 spiro atoms. The zero-order valence-electron chi connectivity index (χ0n) is 17.9. The highest BCUT2D eigenvalue weighted by Gasteiger charge is 2.39. The molecule has 1 aromatic rings. The normalized spacial score (nSPS) is 14.1. The molecule has 0 aliphatic heterocycles. The lowest BCUT2D eigenvalue weighted by Crippen LogP contribution is -2.40. The van der Waals surface area contributed by atoms with Crippen molar-refractivity contribution >= 4 is 19.4 Å². The highest BCUT2D eigenvalue weighted by atomic mass is 28.3. The van der Waals surface area contributed by atoms with Gasteiger partial charge in [0.2, 0.25) is 0 Å². The summed E-state index contributed by atoms with van der Waals surface area (Å²) >= 11 is 0. The lowest BCUT2D eigenvalue weighted by Gasteiger charge is -2.40. The molecule has 0 fully saturated rings. The molecule has 0 heterocycles. The molecule has 0 aromatic heterocycles. The summed E-state index contributed by atoms with van der Waals surface area (Å²) in [5, 5.41) is 1.57. The van der Waals surface area contributed by atoms with Crippen molar-refractivity contribution in [3.05, 3.63) is 42.0 Å². The van der Waals surface area contributed by atoms with E-state index >= 15 is 0 Å². The van der Waals surface area contributed by atoms with E-state index in [2.05, 4.69) is 71.1 Å². The van der Waals surface area contributed by atoms with E-state index in [0.717, 1.165) is 6.42 Å². The molecule has 0 bridgehead atoms. The van der Waals surface area contributed by atoms with Crippen LogP contribution in [0.4, 0.5) is 4.79 Å². The van der Waals surface area contributed by atoms with Crippen LogP contribution >= 0.6 is 0 Å². The SMILES string of the molecule is CCC(/C=C(\c1ccccc1)[Si](C)(C)C(C)(C)C)OC(=O)N(CC)CC. The number of carbonyl (C=O) groups is 1. The molecule has 0 saturated carbocycles. The minimum absolute atomic E-state index is 0.201. The van der Waals surface area contributed by atoms with Crippen molar-refractivity contribution < 1.29 is 9.53 Å². The van der Waals surface area contributed by atoms with Gasteiger partial charge in [-0.3, -0.25) is 0 Å². The lowest BCUT2D eigenvalue weighted by atomic mass is 10.1. The number of hydrogen-bond acceptors (Lipinski definition) is 2. The van der Waals surface area contributed by atoms with Crippen LogP contribution in [0.2, 0.25) is 18.1 Å². The first-order valence-electron chi connectivity index (χ1n) is 9.81. The van der Waals surface area contributed by atoms with Gasteiger partial charge in [-0.2, -0.15) is 0 Å². The summed E-state index contributed by atoms with van der Waals surface area (Å²) < 4.78 is 5.84. The van der Waals surface area contributed by atoms with Crippen LogP contribution in [0, 0.1) is 0 Å². The molecule has 0 radical (unpaired) electrons. The minimum Gasteiger partial charge on any atom is -0.442 e. The number of ether oxygens (including phenoxy) is 1. The number of hydrogen-bond donors (Lipinski definition) is 0. The first kappa shape index (κ1) is 22.5. The largest absolute Gasteiger partial charge is 0.442 e. The topological polar surface area (TPSA) is 29.5 Å². The molecule has 4 heteroatoms. The maximum Gasteiger partial charge on any atom is 0.410 e. The summed E-state index contributed by atoms with van der Waals surface area (Å²) in [7, 11) is -1.79. The molecule has 26 heavy (non-hydrogen) atoms. The van der Waals surface area contributed by atoms with Gasteiger partial charge in [0.25, 0.3) is 0 Å². The molecule has 1 rings (SSSR count). The maximum atomic E-state index is 12.4. The zero-order chi connectivity index (χ0) is 20.0. The van der Waals surface area contributed by atoms with Crippen molar-refractivity contribution in [1.29, 1.82) is 0 Å². The molecule has 0 N–H and O–H groups in total. The van der Waals surface area contributed by atoms with Crippen LogP contribution in [0.3, 0.4) is 0 Å². The molecule has 1 unspecified atom stereocenters. The predicted octanol–water partition coefficient (Wildman–Crippen LogP) is 6.37. The first-order valence-corrected chi connectivity index (χ1v) is 12.8. The van der Waals surface area contributed by atoms with Gasteiger partial charge in [-0.25, -0.2) is 4.79 Å². The number of rotatable bonds is 7. The summed E-state index contributed by atoms with van der Waals surface area (Å²) in [6.45, 7) is 19.1. The van der Waals surface area contributed by atoms with Crippen molar-refractivity contribution in [2.24, 2.45) is 0 Å². The average molecular weight is 376 g/mol. The molecular weight excluding hydrogens is 338 g/mol. The van der Waals surface area contributed by atoms with Gasteiger partial charge in [0.05, 0.1) is 8.07 Å². The second kappa shape index (κ2) is 9.40. The summed E-state index contributed by atoms with van der Waals surface area (Å²) in [5.74, 6) is 0. The predicted molar refractivity (Wildman–Crippen MR) is 115 cm³/mol. The Morgan fingerprint density at radius 3 is 2.08 bits per heavy atom. The van der Waals surface area contributed by atoms with Crippen molar-refractivity contribution in [1.82, 2.24) is 4.90 Å². The summed E-state index contributed by atoms with van der Waals surface area (Å²) in [6, 6.07) is 10.6. The van der Waals surface area contributed by atoms with Crippen molar-refractivity contribution in [3.8, 4) is 0 Å². The fourth-order valence-corrected chi connectivity index (χ4v) is 5.09. The number of carbonyl (C=O) groups excluding carboxylic acids is 1. The van der Waals surface area contributed by atoms with E-state index in [-0.39, 0.29) is 17.2 Å². The second-order valence-corrected chi connectivity index (χ2v) is 13.6. The van der Waals surface area contributed by atoms with Gasteiger partial charge in [-0.15, -0.1) is 0 Å². The summed E-state index contributed by atoms with van der Waals surface area (Å²) in [6.07, 6.45) is 2.57. The van der Waals surface area contributed by atoms with Gasteiger partial charge in [-0.1, -0.05) is 76.3 Å². The molecule has 0 saturated heterocycles. The summed E-state index contributed by atoms with van der Waals surface area (Å²) in [5.41, 5.74) is 1.25. The molecule has 0 aliphatic carbocycles. The minimum atomic E-state index is -1.79. The Kier molecular flexibility index (Phi) is 8.13. The zero-order valence-corrected chi connectivity index (χ0v) is 18.9. The Morgan fingerprint density at radius 2 is 1.65 bits per heavy atom. The van der Waals surface area contributed by atoms with Gasteiger partial charge in [-0.05, 0) is 36.9 Å². The molecule has 1 atom stereocenters. The van der Waals surface area contributed by atoms with Crippen molar-refractivity contribution in [3.63, 3.8) is 0 Å². The van der Waals surface area contributed by atoms with Crippen LogP contribution < -0.4 is 0 Å². The van der Waals surface area contributed by atoms with E-state index in [1.165, 1.54) is 10.8 Å². The number of amides is 1. The smallest absolute Gasteiger partial charge is 0.410 e. The van der Waals surface area contributed by atoms with Gasteiger partial charge in [0.15, 0.2) is 0 Å². The van der Waals surface area contributed by atoms with E-state index in [1.54, 1.807) is 4.90 Å². The maximum absolute atomic E-state index is 12.4. The summed E-state index contributed by atoms with van der Waals surface area (Å²) in [4.78, 5) is 14.2. The molecular formula is C22H37NO2Si. The molecule has 1 amide bonds. The Balaban J connectivity index is 3.30. The first-order chi connectivity index (χ1) is 12.1. The van der Waals surface area contributed by atoms with E-state index in [0.29, 0.717) is 13.1 Å². The van der Waals surface area contributed by atoms with Crippen LogP contribution in [0.5, 0.6) is 0 Å². The monoisotopic (exact) mass is 375 g/mol. The third-order valence-corrected chi connectivity index (χ3v) is 11.2. The highest BCUT2D eigenvalue weighted by Crippen LogP contribution is 2.44. The van der Waals surface area contributed by atoms with Crippen LogP contribution in [-0.2, 0) is 4.74 Å². The third-order valence-electron chi connectivity index (χ3n) is 5.66. The highest BCUT2D eigenvalue weighted by molar-refractivity contribution is 6.96. The lowest BCUT2D eigenvalue weighted by molar-refractivity contribution is 0.0821. The van der Waals surface area contributed by atoms with E-state index < -0.39 is 8.07 Å². The molecule has 146 valence electrons. The standard InChI is InChI=1S/C22H37NO2Si/c1-9-19(25-21(24)23(10-2)11-3)17-20(18-15-13-12-14-16-18)26(7,8)22(4,5)6/h12-17,19H,9-11H2,1-8H3/b20-17+. The Bertz CT molecular complexity index is 598. The quantitative estimate of drug-likeness (QED) is 0.518. The van der Waals surface area contributed by atoms with Crippen LogP contribution in [-0.4, -0.2) is 38.3 Å². The fourth-order valence-electron chi connectivity index (χ4n) is 2.79. The van der Waals surface area contributed by atoms with E-state index in [9.17, 15) is 4.79 Å². The van der Waals surface area contributed by atoms with E-state index in [1.807, 2.05) is 19.9 Å². The van der Waals surface area contributed by atoms with Crippen LogP contribution in [0.15, 0.2) is 36.4 Å². The van der Waals surface area contributed by atoms with Gasteiger partial charge >= 0.3 is 6.09 Å². The van der Waals surface area contributed by atoms with Gasteiger partial charge in [0.1, 0.15) is 6.10 Å². The molecule has 3 nitrogen and oxygen atoms in total. The van der Waals surface area contributed by atoms with Gasteiger partial charge < -0.3 is 9.64 Å². The fraction of sp³-hybridized carbons (Fsp3) is 0.591. The molecule has 1 aromatic carbocycles. The van der Waals surface area contributed by atoms with Crippen molar-refractivity contribution in [2.45, 2.75) is 72.2 Å². The van der Waals surface area contributed by atoms with Gasteiger partial charge in [0, 0.05) is 13.1 Å². The third kappa shape index (κ3) is 5.47. The number of nitrogens with zero attached hydrogens (tertiary/aromatic N) is 1. The van der Waals surface area contributed by atoms with E-state index in [4.69, 9.17) is 4.74 Å². The Hall–Kier alpha value is -1.55. The van der Waals surface area contributed by atoms with Crippen molar-refractivity contribution in [2.75, 3.05) is 13.1 Å². The van der Waals surface area contributed by atoms with Crippen LogP contribution in [0.25, 0.3) is 5.20 Å². The Labute approximate surface area is 161 Å². The van der Waals surface area contributed by atoms with Crippen LogP contribution in [0.1, 0.15) is 53.5 Å². The average Bonchev–Trinajstić information content (AvgIpc) is 2.59.